The molecule has 0 spiro atoms. The molecule has 0 N–H and O–H groups in total. The van der Waals surface area contributed by atoms with Gasteiger partial charge in [-0.25, -0.2) is 0 Å². The van der Waals surface area contributed by atoms with E-state index in [1.807, 2.05) is 0 Å². The number of hydrogen-bond acceptors (Lipinski definition) is 2. The van der Waals surface area contributed by atoms with Gasteiger partial charge in [-0.05, 0) is 0 Å². The van der Waals surface area contributed by atoms with Crippen LogP contribution in [0.1, 0.15) is 19.3 Å². The minimum atomic E-state index is -2.09. The van der Waals surface area contributed by atoms with E-state index in [1.165, 1.54) is 19.3 Å². The van der Waals surface area contributed by atoms with E-state index < -0.39 is 7.06 Å². The molecule has 0 atom stereocenters. The van der Waals surface area contributed by atoms with Gasteiger partial charge in [0.15, 0.2) is 0 Å². The molecule has 0 saturated carbocycles. The third kappa shape index (κ3) is 1.74. The van der Waals surface area contributed by atoms with Gasteiger partial charge in [-0.15, -0.1) is 0 Å². The Morgan fingerprint density at radius 3 is 1.64 bits per heavy atom. The van der Waals surface area contributed by atoms with Crippen molar-refractivity contribution in [3.05, 3.63) is 0 Å². The first-order chi connectivity index (χ1) is 5.13. The van der Waals surface area contributed by atoms with E-state index in [0.29, 0.717) is 0 Å². The third-order valence-corrected chi connectivity index (χ3v) is 7.93. The summed E-state index contributed by atoms with van der Waals surface area (Å²) < 4.78 is 11.2. The van der Waals surface area contributed by atoms with Crippen LogP contribution < -0.4 is 0 Å². The van der Waals surface area contributed by atoms with Crippen LogP contribution in [0.4, 0.5) is 0 Å². The van der Waals surface area contributed by atoms with Crippen molar-refractivity contribution in [2.75, 3.05) is 33.2 Å². The summed E-state index contributed by atoms with van der Waals surface area (Å²) in [6.07, 6.45) is 6.20. The van der Waals surface area contributed by atoms with Gasteiger partial charge in [0, 0.05) is 0 Å². The van der Waals surface area contributed by atoms with Crippen molar-refractivity contribution in [2.45, 2.75) is 19.3 Å². The minimum absolute atomic E-state index is 1.15. The zero-order valence-corrected chi connectivity index (χ0v) is 8.69. The second kappa shape index (κ2) is 3.01. The van der Waals surface area contributed by atoms with Crippen molar-refractivity contribution >= 4 is 7.06 Å². The monoisotopic (exact) mass is 178 g/mol. The van der Waals surface area contributed by atoms with E-state index >= 15 is 0 Å². The summed E-state index contributed by atoms with van der Waals surface area (Å²) >= 11 is 0. The van der Waals surface area contributed by atoms with Crippen LogP contribution in [-0.4, -0.2) is 33.2 Å². The Kier molecular flexibility index (Phi) is 2.58. The van der Waals surface area contributed by atoms with Crippen LogP contribution in [0.3, 0.4) is 0 Å². The quantitative estimate of drug-likeness (QED) is 0.605. The first-order valence-electron chi connectivity index (χ1n) is 4.26. The normalized spacial score (nSPS) is 32.1. The second-order valence-corrected chi connectivity index (χ2v) is 8.93. The van der Waals surface area contributed by atoms with Gasteiger partial charge in [-0.3, -0.25) is 0 Å². The summed E-state index contributed by atoms with van der Waals surface area (Å²) in [6, 6.07) is 0. The zero-order chi connectivity index (χ0) is 8.40. The molecule has 0 bridgehead atoms. The SMILES string of the molecule is COP1(C)(OC)CCCCC1. The molecule has 1 rings (SSSR count). The molecule has 0 aromatic heterocycles. The Morgan fingerprint density at radius 1 is 0.909 bits per heavy atom. The van der Waals surface area contributed by atoms with Crippen molar-refractivity contribution in [1.29, 1.82) is 0 Å². The van der Waals surface area contributed by atoms with Gasteiger partial charge in [-0.2, -0.15) is 0 Å². The van der Waals surface area contributed by atoms with E-state index in [-0.39, 0.29) is 0 Å². The Bertz CT molecular complexity index is 133. The second-order valence-electron chi connectivity index (χ2n) is 3.69. The van der Waals surface area contributed by atoms with Gasteiger partial charge in [0.05, 0.1) is 0 Å². The van der Waals surface area contributed by atoms with E-state index in [1.54, 1.807) is 14.2 Å². The molecule has 1 fully saturated rings. The molecule has 1 aliphatic rings. The molecule has 0 radical (unpaired) electrons. The summed E-state index contributed by atoms with van der Waals surface area (Å²) in [4.78, 5) is 0. The van der Waals surface area contributed by atoms with Crippen LogP contribution in [0.15, 0.2) is 0 Å². The van der Waals surface area contributed by atoms with E-state index in [2.05, 4.69) is 6.66 Å². The topological polar surface area (TPSA) is 18.5 Å². The van der Waals surface area contributed by atoms with Crippen molar-refractivity contribution in [2.24, 2.45) is 0 Å². The number of rotatable bonds is 2. The summed E-state index contributed by atoms with van der Waals surface area (Å²) in [7, 11) is 1.50. The Morgan fingerprint density at radius 2 is 1.36 bits per heavy atom. The van der Waals surface area contributed by atoms with Crippen LogP contribution in [0, 0.1) is 0 Å². The van der Waals surface area contributed by atoms with Crippen molar-refractivity contribution in [3.63, 3.8) is 0 Å². The molecule has 1 saturated heterocycles. The van der Waals surface area contributed by atoms with Crippen molar-refractivity contribution in [3.8, 4) is 0 Å². The van der Waals surface area contributed by atoms with Crippen LogP contribution in [0.2, 0.25) is 0 Å². The summed E-state index contributed by atoms with van der Waals surface area (Å²) in [5.74, 6) is 0. The summed E-state index contributed by atoms with van der Waals surface area (Å²) in [5.41, 5.74) is 0. The molecule has 0 amide bonds. The van der Waals surface area contributed by atoms with E-state index in [9.17, 15) is 0 Å². The standard InChI is InChI=1S/C8H19O2P/c1-9-11(3,10-2)7-5-4-6-8-11/h4-8H2,1-3H3. The molecule has 0 unspecified atom stereocenters. The van der Waals surface area contributed by atoms with E-state index in [4.69, 9.17) is 9.05 Å². The molecule has 0 aliphatic carbocycles. The van der Waals surface area contributed by atoms with Gasteiger partial charge in [0.25, 0.3) is 0 Å². The van der Waals surface area contributed by atoms with Crippen molar-refractivity contribution < 1.29 is 9.05 Å². The Hall–Kier alpha value is 0.350. The van der Waals surface area contributed by atoms with Gasteiger partial charge in [0.2, 0.25) is 0 Å². The average Bonchev–Trinajstić information content (AvgIpc) is 2.07. The fraction of sp³-hybridized carbons (Fsp3) is 1.00. The molecule has 3 heteroatoms. The van der Waals surface area contributed by atoms with Crippen LogP contribution in [-0.2, 0) is 9.05 Å². The molecule has 1 heterocycles. The molecular weight excluding hydrogens is 159 g/mol. The maximum absolute atomic E-state index is 5.62. The first-order valence-corrected chi connectivity index (χ1v) is 7.15. The molecule has 0 aromatic carbocycles. The Balaban J connectivity index is 2.71. The summed E-state index contributed by atoms with van der Waals surface area (Å²) in [5, 5.41) is 0. The third-order valence-electron chi connectivity index (χ3n) is 2.98. The molecule has 68 valence electrons. The fourth-order valence-corrected chi connectivity index (χ4v) is 4.90. The van der Waals surface area contributed by atoms with Gasteiger partial charge in [0.1, 0.15) is 0 Å². The van der Waals surface area contributed by atoms with E-state index in [0.717, 1.165) is 12.3 Å². The predicted octanol–water partition coefficient (Wildman–Crippen LogP) is 2.48. The predicted molar refractivity (Wildman–Crippen MR) is 50.4 cm³/mol. The maximum atomic E-state index is 5.62. The zero-order valence-electron chi connectivity index (χ0n) is 7.80. The van der Waals surface area contributed by atoms with Gasteiger partial charge >= 0.3 is 68.6 Å². The average molecular weight is 178 g/mol. The molecule has 0 aromatic rings. The Labute approximate surface area is 69.4 Å². The molecule has 11 heavy (non-hydrogen) atoms. The van der Waals surface area contributed by atoms with Gasteiger partial charge < -0.3 is 0 Å². The van der Waals surface area contributed by atoms with Gasteiger partial charge in [-0.1, -0.05) is 0 Å². The van der Waals surface area contributed by atoms with Crippen molar-refractivity contribution in [1.82, 2.24) is 0 Å². The van der Waals surface area contributed by atoms with Crippen LogP contribution >= 0.6 is 7.06 Å². The van der Waals surface area contributed by atoms with Crippen LogP contribution in [0.5, 0.6) is 0 Å². The van der Waals surface area contributed by atoms with Crippen LogP contribution in [0.25, 0.3) is 0 Å². The fourth-order valence-electron chi connectivity index (χ4n) is 1.75. The number of hydrogen-bond donors (Lipinski definition) is 0. The molecular formula is C8H19O2P. The molecule has 2 nitrogen and oxygen atoms in total. The molecule has 1 aliphatic heterocycles. The first kappa shape index (κ1) is 9.44. The summed E-state index contributed by atoms with van der Waals surface area (Å²) in [6.45, 7) is 2.20.